The van der Waals surface area contributed by atoms with Crippen LogP contribution in [0.25, 0.3) is 0 Å². The van der Waals surface area contributed by atoms with Crippen molar-refractivity contribution >= 4 is 17.2 Å². The molecule has 0 unspecified atom stereocenters. The fraction of sp³-hybridized carbons (Fsp3) is 0.909. The summed E-state index contributed by atoms with van der Waals surface area (Å²) < 4.78 is 5.80. The van der Waals surface area contributed by atoms with Gasteiger partial charge in [0.1, 0.15) is 0 Å². The van der Waals surface area contributed by atoms with Crippen LogP contribution in [0.4, 0.5) is 0 Å². The van der Waals surface area contributed by atoms with E-state index in [-0.39, 0.29) is 0 Å². The lowest BCUT2D eigenvalue weighted by Crippen LogP contribution is -2.14. The Hall–Kier alpha value is -0.150. The number of thiocarbonyl (C=S) groups is 1. The SMILES string of the molecule is NC(=S)CCCOC1CCCCCC1. The van der Waals surface area contributed by atoms with Gasteiger partial charge in [-0.3, -0.25) is 0 Å². The van der Waals surface area contributed by atoms with Gasteiger partial charge in [-0.15, -0.1) is 0 Å². The van der Waals surface area contributed by atoms with Gasteiger partial charge in [0.15, 0.2) is 0 Å². The molecule has 0 aromatic heterocycles. The summed E-state index contributed by atoms with van der Waals surface area (Å²) in [5.41, 5.74) is 5.41. The van der Waals surface area contributed by atoms with Gasteiger partial charge in [0.25, 0.3) is 0 Å². The molecule has 0 spiro atoms. The fourth-order valence-corrected chi connectivity index (χ4v) is 2.05. The third-order valence-electron chi connectivity index (χ3n) is 2.72. The first-order valence-corrected chi connectivity index (χ1v) is 6.10. The Labute approximate surface area is 92.2 Å². The van der Waals surface area contributed by atoms with E-state index in [9.17, 15) is 0 Å². The van der Waals surface area contributed by atoms with E-state index in [4.69, 9.17) is 22.7 Å². The minimum absolute atomic E-state index is 0.504. The van der Waals surface area contributed by atoms with Crippen LogP contribution >= 0.6 is 12.2 Å². The van der Waals surface area contributed by atoms with Gasteiger partial charge in [0, 0.05) is 6.61 Å². The molecule has 0 amide bonds. The molecule has 1 rings (SSSR count). The summed E-state index contributed by atoms with van der Waals surface area (Å²) in [5, 5.41) is 0. The normalized spacial score (nSPS) is 19.1. The molecule has 0 radical (unpaired) electrons. The molecule has 0 saturated heterocycles. The van der Waals surface area contributed by atoms with Crippen LogP contribution in [0.3, 0.4) is 0 Å². The second kappa shape index (κ2) is 7.18. The number of hydrogen-bond donors (Lipinski definition) is 1. The van der Waals surface area contributed by atoms with Crippen molar-refractivity contribution in [2.45, 2.75) is 57.5 Å². The number of nitrogens with two attached hydrogens (primary N) is 1. The summed E-state index contributed by atoms with van der Waals surface area (Å²) in [6, 6.07) is 0. The summed E-state index contributed by atoms with van der Waals surface area (Å²) in [5.74, 6) is 0. The predicted molar refractivity (Wildman–Crippen MR) is 63.5 cm³/mol. The molecular formula is C11H21NOS. The first kappa shape index (κ1) is 11.9. The monoisotopic (exact) mass is 215 g/mol. The van der Waals surface area contributed by atoms with Gasteiger partial charge in [0.2, 0.25) is 0 Å². The number of ether oxygens (including phenoxy) is 1. The van der Waals surface area contributed by atoms with Gasteiger partial charge < -0.3 is 10.5 Å². The zero-order chi connectivity index (χ0) is 10.2. The largest absolute Gasteiger partial charge is 0.393 e. The molecule has 0 aromatic carbocycles. The van der Waals surface area contributed by atoms with Crippen molar-refractivity contribution in [3.8, 4) is 0 Å². The van der Waals surface area contributed by atoms with Gasteiger partial charge in [-0.25, -0.2) is 0 Å². The molecule has 82 valence electrons. The molecule has 3 heteroatoms. The summed E-state index contributed by atoms with van der Waals surface area (Å²) in [7, 11) is 0. The third kappa shape index (κ3) is 5.55. The van der Waals surface area contributed by atoms with E-state index < -0.39 is 0 Å². The summed E-state index contributed by atoms with van der Waals surface area (Å²) in [6.07, 6.45) is 10.2. The molecule has 0 bridgehead atoms. The van der Waals surface area contributed by atoms with Crippen LogP contribution in [0.5, 0.6) is 0 Å². The Morgan fingerprint density at radius 1 is 1.21 bits per heavy atom. The Kier molecular flexibility index (Phi) is 6.12. The van der Waals surface area contributed by atoms with E-state index in [1.54, 1.807) is 0 Å². The maximum absolute atomic E-state index is 5.80. The van der Waals surface area contributed by atoms with Crippen LogP contribution < -0.4 is 5.73 Å². The standard InChI is InChI=1S/C11H21NOS/c12-11(14)8-5-9-13-10-6-3-1-2-4-7-10/h10H,1-9H2,(H2,12,14). The van der Waals surface area contributed by atoms with Crippen molar-refractivity contribution in [3.63, 3.8) is 0 Å². The van der Waals surface area contributed by atoms with Gasteiger partial charge in [-0.05, 0) is 25.7 Å². The highest BCUT2D eigenvalue weighted by Gasteiger charge is 2.11. The molecule has 2 nitrogen and oxygen atoms in total. The van der Waals surface area contributed by atoms with Crippen LogP contribution in [0, 0.1) is 0 Å². The van der Waals surface area contributed by atoms with Crippen molar-refractivity contribution in [2.75, 3.05) is 6.61 Å². The van der Waals surface area contributed by atoms with Gasteiger partial charge in [-0.1, -0.05) is 37.9 Å². The molecule has 1 saturated carbocycles. The Morgan fingerprint density at radius 3 is 2.43 bits per heavy atom. The molecule has 0 aliphatic heterocycles. The minimum Gasteiger partial charge on any atom is -0.393 e. The Morgan fingerprint density at radius 2 is 1.86 bits per heavy atom. The lowest BCUT2D eigenvalue weighted by atomic mass is 10.1. The zero-order valence-electron chi connectivity index (χ0n) is 8.84. The Balaban J connectivity index is 2.01. The quantitative estimate of drug-likeness (QED) is 0.435. The van der Waals surface area contributed by atoms with E-state index in [0.29, 0.717) is 11.1 Å². The zero-order valence-corrected chi connectivity index (χ0v) is 9.65. The average Bonchev–Trinajstić information content (AvgIpc) is 2.40. The molecular weight excluding hydrogens is 194 g/mol. The average molecular weight is 215 g/mol. The minimum atomic E-state index is 0.504. The summed E-state index contributed by atoms with van der Waals surface area (Å²) in [6.45, 7) is 0.821. The molecule has 0 heterocycles. The number of hydrogen-bond acceptors (Lipinski definition) is 2. The van der Waals surface area contributed by atoms with Crippen LogP contribution in [0.15, 0.2) is 0 Å². The molecule has 0 atom stereocenters. The van der Waals surface area contributed by atoms with Crippen LogP contribution in [-0.4, -0.2) is 17.7 Å². The third-order valence-corrected chi connectivity index (χ3v) is 2.93. The molecule has 1 fully saturated rings. The van der Waals surface area contributed by atoms with Crippen molar-refractivity contribution in [2.24, 2.45) is 5.73 Å². The lowest BCUT2D eigenvalue weighted by Gasteiger charge is -2.14. The maximum atomic E-state index is 5.80. The summed E-state index contributed by atoms with van der Waals surface area (Å²) >= 11 is 4.81. The van der Waals surface area contributed by atoms with E-state index in [1.165, 1.54) is 38.5 Å². The number of rotatable bonds is 5. The summed E-state index contributed by atoms with van der Waals surface area (Å²) in [4.78, 5) is 0.606. The maximum Gasteiger partial charge on any atom is 0.0728 e. The van der Waals surface area contributed by atoms with Crippen LogP contribution in [0.1, 0.15) is 51.4 Å². The van der Waals surface area contributed by atoms with Crippen LogP contribution in [0.2, 0.25) is 0 Å². The topological polar surface area (TPSA) is 35.2 Å². The van der Waals surface area contributed by atoms with Crippen molar-refractivity contribution < 1.29 is 4.74 Å². The second-order valence-corrected chi connectivity index (χ2v) is 4.58. The highest BCUT2D eigenvalue weighted by Crippen LogP contribution is 2.19. The predicted octanol–water partition coefficient (Wildman–Crippen LogP) is 2.79. The molecule has 1 aliphatic rings. The molecule has 14 heavy (non-hydrogen) atoms. The molecule has 2 N–H and O–H groups in total. The molecule has 1 aliphatic carbocycles. The highest BCUT2D eigenvalue weighted by molar-refractivity contribution is 7.80. The van der Waals surface area contributed by atoms with Crippen molar-refractivity contribution in [1.82, 2.24) is 0 Å². The van der Waals surface area contributed by atoms with E-state index in [0.717, 1.165) is 19.4 Å². The fourth-order valence-electron chi connectivity index (χ4n) is 1.90. The van der Waals surface area contributed by atoms with E-state index in [2.05, 4.69) is 0 Å². The first-order chi connectivity index (χ1) is 6.79. The van der Waals surface area contributed by atoms with Crippen molar-refractivity contribution in [3.05, 3.63) is 0 Å². The molecule has 0 aromatic rings. The van der Waals surface area contributed by atoms with Gasteiger partial charge in [0.05, 0.1) is 11.1 Å². The lowest BCUT2D eigenvalue weighted by molar-refractivity contribution is 0.0426. The highest BCUT2D eigenvalue weighted by atomic mass is 32.1. The second-order valence-electron chi connectivity index (χ2n) is 4.05. The van der Waals surface area contributed by atoms with E-state index in [1.807, 2.05) is 0 Å². The van der Waals surface area contributed by atoms with Crippen LogP contribution in [-0.2, 0) is 4.74 Å². The van der Waals surface area contributed by atoms with E-state index >= 15 is 0 Å². The van der Waals surface area contributed by atoms with Gasteiger partial charge >= 0.3 is 0 Å². The first-order valence-electron chi connectivity index (χ1n) is 5.69. The van der Waals surface area contributed by atoms with Gasteiger partial charge in [-0.2, -0.15) is 0 Å². The Bertz CT molecular complexity index is 165. The smallest absolute Gasteiger partial charge is 0.0728 e. The van der Waals surface area contributed by atoms with Crippen molar-refractivity contribution in [1.29, 1.82) is 0 Å².